The van der Waals surface area contributed by atoms with Crippen LogP contribution in [-0.4, -0.2) is 22.2 Å². The molecule has 8 heteroatoms. The Kier molecular flexibility index (Phi) is 5.11. The van der Waals surface area contributed by atoms with Crippen LogP contribution in [0.1, 0.15) is 21.5 Å². The monoisotopic (exact) mass is 390 g/mol. The molecule has 5 nitrogen and oxygen atoms in total. The standard InChI is InChI=1S/C18H12ClFN2O3S/c1-9-5-6-10(17(24)25)7-14(9)21-18-22-16(23)15(26-18)8-11-12(19)3-2-4-13(11)20/h2-8H,1H3,(H,24,25)(H,21,22,23). The first kappa shape index (κ1) is 18.2. The molecule has 0 aliphatic carbocycles. The summed E-state index contributed by atoms with van der Waals surface area (Å²) in [5, 5.41) is 12.1. The molecule has 0 atom stereocenters. The van der Waals surface area contributed by atoms with Gasteiger partial charge in [-0.3, -0.25) is 4.79 Å². The number of halogens is 2. The second-order valence-electron chi connectivity index (χ2n) is 5.42. The molecule has 1 fully saturated rings. The lowest BCUT2D eigenvalue weighted by Crippen LogP contribution is -2.19. The van der Waals surface area contributed by atoms with Crippen LogP contribution in [0.3, 0.4) is 0 Å². The Balaban J connectivity index is 1.93. The quantitative estimate of drug-likeness (QED) is 0.762. The highest BCUT2D eigenvalue weighted by Gasteiger charge is 2.25. The van der Waals surface area contributed by atoms with Gasteiger partial charge in [-0.15, -0.1) is 0 Å². The van der Waals surface area contributed by atoms with Crippen molar-refractivity contribution >= 4 is 52.2 Å². The molecule has 0 unspecified atom stereocenters. The van der Waals surface area contributed by atoms with Gasteiger partial charge in [0.25, 0.3) is 5.91 Å². The van der Waals surface area contributed by atoms with Gasteiger partial charge in [0, 0.05) is 5.56 Å². The molecule has 1 saturated heterocycles. The summed E-state index contributed by atoms with van der Waals surface area (Å²) in [4.78, 5) is 27.8. The molecule has 0 spiro atoms. The second kappa shape index (κ2) is 7.31. The average molecular weight is 391 g/mol. The Morgan fingerprint density at radius 2 is 2.12 bits per heavy atom. The van der Waals surface area contributed by atoms with E-state index in [1.165, 1.54) is 36.4 Å². The molecule has 0 aromatic heterocycles. The average Bonchev–Trinajstić information content (AvgIpc) is 2.92. The summed E-state index contributed by atoms with van der Waals surface area (Å²) in [7, 11) is 0. The molecule has 0 radical (unpaired) electrons. The van der Waals surface area contributed by atoms with E-state index >= 15 is 0 Å². The minimum absolute atomic E-state index is 0.0955. The third-order valence-electron chi connectivity index (χ3n) is 3.60. The first-order chi connectivity index (χ1) is 12.3. The minimum Gasteiger partial charge on any atom is -0.478 e. The predicted molar refractivity (Wildman–Crippen MR) is 100 cm³/mol. The van der Waals surface area contributed by atoms with Crippen LogP contribution in [0.2, 0.25) is 5.02 Å². The van der Waals surface area contributed by atoms with E-state index in [1.807, 2.05) is 0 Å². The highest BCUT2D eigenvalue weighted by Crippen LogP contribution is 2.31. The number of hydrogen-bond donors (Lipinski definition) is 2. The number of aryl methyl sites for hydroxylation is 1. The van der Waals surface area contributed by atoms with Crippen molar-refractivity contribution in [2.75, 3.05) is 0 Å². The van der Waals surface area contributed by atoms with Crippen LogP contribution >= 0.6 is 23.4 Å². The molecule has 1 amide bonds. The van der Waals surface area contributed by atoms with E-state index in [4.69, 9.17) is 16.7 Å². The van der Waals surface area contributed by atoms with Gasteiger partial charge in [0.05, 0.1) is 21.2 Å². The number of hydrogen-bond acceptors (Lipinski definition) is 4. The van der Waals surface area contributed by atoms with Crippen molar-refractivity contribution in [3.63, 3.8) is 0 Å². The zero-order valence-electron chi connectivity index (χ0n) is 13.4. The number of thioether (sulfide) groups is 1. The number of rotatable bonds is 3. The maximum absolute atomic E-state index is 13.9. The Morgan fingerprint density at radius 1 is 1.35 bits per heavy atom. The molecule has 26 heavy (non-hydrogen) atoms. The van der Waals surface area contributed by atoms with Gasteiger partial charge in [0.1, 0.15) is 5.82 Å². The minimum atomic E-state index is -1.07. The van der Waals surface area contributed by atoms with Gasteiger partial charge in [-0.05, 0) is 54.6 Å². The van der Waals surface area contributed by atoms with Crippen LogP contribution < -0.4 is 5.32 Å². The SMILES string of the molecule is Cc1ccc(C(=O)O)cc1N=C1NC(=O)C(=Cc2c(F)cccc2Cl)S1. The van der Waals surface area contributed by atoms with Gasteiger partial charge in [-0.1, -0.05) is 23.7 Å². The summed E-state index contributed by atoms with van der Waals surface area (Å²) >= 11 is 7.00. The normalized spacial score (nSPS) is 17.0. The summed E-state index contributed by atoms with van der Waals surface area (Å²) in [6.45, 7) is 1.78. The van der Waals surface area contributed by atoms with E-state index in [1.54, 1.807) is 13.0 Å². The van der Waals surface area contributed by atoms with E-state index in [0.717, 1.165) is 17.3 Å². The van der Waals surface area contributed by atoms with E-state index in [0.29, 0.717) is 5.69 Å². The van der Waals surface area contributed by atoms with Crippen LogP contribution in [0.5, 0.6) is 0 Å². The third-order valence-corrected chi connectivity index (χ3v) is 4.84. The maximum atomic E-state index is 13.9. The highest BCUT2D eigenvalue weighted by atomic mass is 35.5. The van der Waals surface area contributed by atoms with E-state index in [-0.39, 0.29) is 26.2 Å². The van der Waals surface area contributed by atoms with Gasteiger partial charge >= 0.3 is 5.97 Å². The Labute approximate surface area is 157 Å². The molecular formula is C18H12ClFN2O3S. The van der Waals surface area contributed by atoms with Crippen molar-refractivity contribution in [3.8, 4) is 0 Å². The highest BCUT2D eigenvalue weighted by molar-refractivity contribution is 8.18. The number of carbonyl (C=O) groups excluding carboxylic acids is 1. The second-order valence-corrected chi connectivity index (χ2v) is 6.86. The molecular weight excluding hydrogens is 379 g/mol. The maximum Gasteiger partial charge on any atom is 0.335 e. The zero-order valence-corrected chi connectivity index (χ0v) is 15.0. The van der Waals surface area contributed by atoms with Crippen LogP contribution in [0.4, 0.5) is 10.1 Å². The number of amides is 1. The van der Waals surface area contributed by atoms with E-state index in [2.05, 4.69) is 10.3 Å². The smallest absolute Gasteiger partial charge is 0.335 e. The molecule has 0 bridgehead atoms. The lowest BCUT2D eigenvalue weighted by atomic mass is 10.1. The van der Waals surface area contributed by atoms with E-state index in [9.17, 15) is 14.0 Å². The number of carboxylic acids is 1. The summed E-state index contributed by atoms with van der Waals surface area (Å²) in [5.74, 6) is -2.03. The number of amidine groups is 1. The van der Waals surface area contributed by atoms with Crippen molar-refractivity contribution in [2.45, 2.75) is 6.92 Å². The van der Waals surface area contributed by atoms with Crippen molar-refractivity contribution in [2.24, 2.45) is 4.99 Å². The molecule has 1 heterocycles. The summed E-state index contributed by atoms with van der Waals surface area (Å²) in [5.41, 5.74) is 1.40. The number of benzene rings is 2. The van der Waals surface area contributed by atoms with E-state index < -0.39 is 17.7 Å². The molecule has 3 rings (SSSR count). The number of nitrogens with one attached hydrogen (secondary N) is 1. The summed E-state index contributed by atoms with van der Waals surface area (Å²) < 4.78 is 13.9. The van der Waals surface area contributed by atoms with Gasteiger partial charge in [-0.2, -0.15) is 0 Å². The number of aromatic carboxylic acids is 1. The van der Waals surface area contributed by atoms with Gasteiger partial charge in [0.15, 0.2) is 5.17 Å². The van der Waals surface area contributed by atoms with Crippen molar-refractivity contribution in [3.05, 3.63) is 68.8 Å². The number of aliphatic imine (C=N–C) groups is 1. The first-order valence-electron chi connectivity index (χ1n) is 7.42. The number of carboxylic acid groups (broad SMARTS) is 1. The topological polar surface area (TPSA) is 78.8 Å². The van der Waals surface area contributed by atoms with Crippen LogP contribution in [0.25, 0.3) is 6.08 Å². The fourth-order valence-corrected chi connectivity index (χ4v) is 3.27. The lowest BCUT2D eigenvalue weighted by molar-refractivity contribution is -0.115. The number of nitrogens with zero attached hydrogens (tertiary/aromatic N) is 1. The first-order valence-corrected chi connectivity index (χ1v) is 8.62. The number of carbonyl (C=O) groups is 2. The predicted octanol–water partition coefficient (Wildman–Crippen LogP) is 4.38. The van der Waals surface area contributed by atoms with Crippen LogP contribution in [0, 0.1) is 12.7 Å². The lowest BCUT2D eigenvalue weighted by Gasteiger charge is -2.03. The summed E-state index contributed by atoms with van der Waals surface area (Å²) in [6, 6.07) is 8.81. The van der Waals surface area contributed by atoms with Crippen molar-refractivity contribution < 1.29 is 19.1 Å². The zero-order chi connectivity index (χ0) is 18.8. The molecule has 2 aromatic carbocycles. The largest absolute Gasteiger partial charge is 0.478 e. The molecule has 1 aliphatic rings. The Hall–Kier alpha value is -2.64. The fraction of sp³-hybridized carbons (Fsp3) is 0.0556. The molecule has 2 aromatic rings. The van der Waals surface area contributed by atoms with Crippen LogP contribution in [-0.2, 0) is 4.79 Å². The molecule has 1 aliphatic heterocycles. The van der Waals surface area contributed by atoms with Crippen LogP contribution in [0.15, 0.2) is 46.3 Å². The van der Waals surface area contributed by atoms with Crippen molar-refractivity contribution in [1.82, 2.24) is 5.32 Å². The fourth-order valence-electron chi connectivity index (χ4n) is 2.23. The molecule has 132 valence electrons. The Morgan fingerprint density at radius 3 is 2.81 bits per heavy atom. The van der Waals surface area contributed by atoms with Crippen molar-refractivity contribution in [1.29, 1.82) is 0 Å². The van der Waals surface area contributed by atoms with Gasteiger partial charge in [0.2, 0.25) is 0 Å². The van der Waals surface area contributed by atoms with Gasteiger partial charge in [-0.25, -0.2) is 14.2 Å². The third kappa shape index (κ3) is 3.79. The molecule has 2 N–H and O–H groups in total. The Bertz CT molecular complexity index is 968. The summed E-state index contributed by atoms with van der Waals surface area (Å²) in [6.07, 6.45) is 1.36. The molecule has 0 saturated carbocycles. The van der Waals surface area contributed by atoms with Gasteiger partial charge < -0.3 is 10.4 Å².